The Hall–Kier alpha value is -3.35. The average molecular weight is 382 g/mol. The molecule has 1 atom stereocenters. The highest BCUT2D eigenvalue weighted by Crippen LogP contribution is 2.37. The van der Waals surface area contributed by atoms with E-state index in [4.69, 9.17) is 9.47 Å². The standard InChI is InChI=1S/C21H16F2N2O3/c22-14-4-5-15(16(23)11-14)20-17-2-1-7-24(17)8-9-25(20)21(26)13-3-6-18-19(10-13)28-12-27-18/h1-7,10-11,20H,8-9,12H2/t20-/m1/s1. The third kappa shape index (κ3) is 2.62. The van der Waals surface area contributed by atoms with Gasteiger partial charge in [0.15, 0.2) is 11.5 Å². The van der Waals surface area contributed by atoms with Crippen molar-refractivity contribution in [3.63, 3.8) is 0 Å². The van der Waals surface area contributed by atoms with Crippen molar-refractivity contribution in [2.45, 2.75) is 12.6 Å². The lowest BCUT2D eigenvalue weighted by Gasteiger charge is -2.37. The van der Waals surface area contributed by atoms with Gasteiger partial charge in [-0.3, -0.25) is 4.79 Å². The van der Waals surface area contributed by atoms with Gasteiger partial charge in [0, 0.05) is 42.2 Å². The molecule has 1 aromatic heterocycles. The van der Waals surface area contributed by atoms with Crippen molar-refractivity contribution in [2.24, 2.45) is 0 Å². The van der Waals surface area contributed by atoms with Gasteiger partial charge in [-0.2, -0.15) is 0 Å². The van der Waals surface area contributed by atoms with Gasteiger partial charge in [-0.05, 0) is 36.4 Å². The summed E-state index contributed by atoms with van der Waals surface area (Å²) in [6, 6.07) is 11.5. The van der Waals surface area contributed by atoms with Crippen LogP contribution in [0, 0.1) is 11.6 Å². The summed E-state index contributed by atoms with van der Waals surface area (Å²) in [7, 11) is 0. The molecule has 3 heterocycles. The largest absolute Gasteiger partial charge is 0.454 e. The van der Waals surface area contributed by atoms with E-state index in [2.05, 4.69) is 0 Å². The number of halogens is 2. The third-order valence-corrected chi connectivity index (χ3v) is 5.18. The second-order valence-corrected chi connectivity index (χ2v) is 6.76. The minimum absolute atomic E-state index is 0.119. The molecule has 0 bridgehead atoms. The molecule has 3 aromatic rings. The molecule has 28 heavy (non-hydrogen) atoms. The Morgan fingerprint density at radius 3 is 2.71 bits per heavy atom. The van der Waals surface area contributed by atoms with Crippen LogP contribution in [0.3, 0.4) is 0 Å². The first kappa shape index (κ1) is 16.8. The summed E-state index contributed by atoms with van der Waals surface area (Å²) in [4.78, 5) is 14.9. The molecule has 0 spiro atoms. The monoisotopic (exact) mass is 382 g/mol. The van der Waals surface area contributed by atoms with E-state index in [1.807, 2.05) is 22.9 Å². The van der Waals surface area contributed by atoms with Crippen molar-refractivity contribution < 1.29 is 23.0 Å². The smallest absolute Gasteiger partial charge is 0.254 e. The number of aromatic nitrogens is 1. The van der Waals surface area contributed by atoms with Crippen molar-refractivity contribution >= 4 is 5.91 Å². The van der Waals surface area contributed by atoms with Gasteiger partial charge in [-0.15, -0.1) is 0 Å². The van der Waals surface area contributed by atoms with Crippen molar-refractivity contribution in [3.05, 3.63) is 83.2 Å². The number of hydrogen-bond acceptors (Lipinski definition) is 3. The van der Waals surface area contributed by atoms with E-state index in [0.29, 0.717) is 30.2 Å². The van der Waals surface area contributed by atoms with Crippen LogP contribution >= 0.6 is 0 Å². The number of carbonyl (C=O) groups is 1. The Balaban J connectivity index is 1.58. The topological polar surface area (TPSA) is 43.7 Å². The predicted octanol–water partition coefficient (Wildman–Crippen LogP) is 3.74. The summed E-state index contributed by atoms with van der Waals surface area (Å²) >= 11 is 0. The highest BCUT2D eigenvalue weighted by Gasteiger charge is 2.34. The lowest BCUT2D eigenvalue weighted by atomic mass is 9.98. The summed E-state index contributed by atoms with van der Waals surface area (Å²) in [5, 5.41) is 0. The van der Waals surface area contributed by atoms with Crippen molar-refractivity contribution in [1.29, 1.82) is 0 Å². The number of hydrogen-bond donors (Lipinski definition) is 0. The molecule has 1 amide bonds. The Morgan fingerprint density at radius 2 is 1.86 bits per heavy atom. The molecule has 2 aromatic carbocycles. The van der Waals surface area contributed by atoms with Crippen LogP contribution in [-0.2, 0) is 6.54 Å². The minimum Gasteiger partial charge on any atom is -0.454 e. The number of amides is 1. The van der Waals surface area contributed by atoms with E-state index in [-0.39, 0.29) is 18.3 Å². The molecule has 7 heteroatoms. The van der Waals surface area contributed by atoms with Crippen LogP contribution in [0.25, 0.3) is 0 Å². The van der Waals surface area contributed by atoms with E-state index < -0.39 is 17.7 Å². The fourth-order valence-corrected chi connectivity index (χ4v) is 3.85. The molecule has 0 N–H and O–H groups in total. The normalized spacial score (nSPS) is 17.5. The molecule has 0 unspecified atom stereocenters. The zero-order valence-corrected chi connectivity index (χ0v) is 14.8. The van der Waals surface area contributed by atoms with Gasteiger partial charge in [0.1, 0.15) is 17.7 Å². The van der Waals surface area contributed by atoms with Crippen molar-refractivity contribution in [2.75, 3.05) is 13.3 Å². The van der Waals surface area contributed by atoms with Gasteiger partial charge >= 0.3 is 0 Å². The number of nitrogens with zero attached hydrogens (tertiary/aromatic N) is 2. The molecule has 0 radical (unpaired) electrons. The molecular formula is C21H16F2N2O3. The minimum atomic E-state index is -0.678. The third-order valence-electron chi connectivity index (χ3n) is 5.18. The van der Waals surface area contributed by atoms with Crippen LogP contribution in [-0.4, -0.2) is 28.7 Å². The van der Waals surface area contributed by atoms with Crippen LogP contribution < -0.4 is 9.47 Å². The maximum Gasteiger partial charge on any atom is 0.254 e. The van der Waals surface area contributed by atoms with E-state index in [9.17, 15) is 13.6 Å². The second-order valence-electron chi connectivity index (χ2n) is 6.76. The number of fused-ring (bicyclic) bond motifs is 2. The average Bonchev–Trinajstić information content (AvgIpc) is 3.35. The fraction of sp³-hybridized carbons (Fsp3) is 0.190. The zero-order valence-electron chi connectivity index (χ0n) is 14.8. The Labute approximate surface area is 159 Å². The van der Waals surface area contributed by atoms with Crippen LogP contribution in [0.1, 0.15) is 27.7 Å². The van der Waals surface area contributed by atoms with Gasteiger partial charge in [-0.1, -0.05) is 6.07 Å². The highest BCUT2D eigenvalue weighted by molar-refractivity contribution is 5.95. The SMILES string of the molecule is O=C(c1ccc2c(c1)OCO2)N1CCn2cccc2[C@H]1c1ccc(F)cc1F. The molecule has 2 aliphatic rings. The second kappa shape index (κ2) is 6.37. The Morgan fingerprint density at radius 1 is 1.00 bits per heavy atom. The summed E-state index contributed by atoms with van der Waals surface area (Å²) < 4.78 is 40.7. The first-order valence-electron chi connectivity index (χ1n) is 8.92. The van der Waals surface area contributed by atoms with Gasteiger partial charge < -0.3 is 18.9 Å². The maximum atomic E-state index is 14.6. The summed E-state index contributed by atoms with van der Waals surface area (Å²) in [5.74, 6) is -0.482. The van der Waals surface area contributed by atoms with Gasteiger partial charge in [0.05, 0.1) is 0 Å². The molecule has 142 valence electrons. The lowest BCUT2D eigenvalue weighted by Crippen LogP contribution is -2.42. The Bertz CT molecular complexity index is 1080. The first-order valence-corrected chi connectivity index (χ1v) is 8.92. The van der Waals surface area contributed by atoms with Crippen molar-refractivity contribution in [1.82, 2.24) is 9.47 Å². The molecule has 2 aliphatic heterocycles. The van der Waals surface area contributed by atoms with Crippen LogP contribution in [0.15, 0.2) is 54.7 Å². The van der Waals surface area contributed by atoms with Crippen molar-refractivity contribution in [3.8, 4) is 11.5 Å². The molecule has 5 rings (SSSR count). The summed E-state index contributed by atoms with van der Waals surface area (Å²) in [6.45, 7) is 1.11. The first-order chi connectivity index (χ1) is 13.6. The lowest BCUT2D eigenvalue weighted by molar-refractivity contribution is 0.0660. The molecule has 0 saturated carbocycles. The zero-order chi connectivity index (χ0) is 19.3. The molecule has 0 fully saturated rings. The molecule has 0 aliphatic carbocycles. The number of rotatable bonds is 2. The predicted molar refractivity (Wildman–Crippen MR) is 96.2 cm³/mol. The van der Waals surface area contributed by atoms with Crippen LogP contribution in [0.4, 0.5) is 8.78 Å². The molecule has 5 nitrogen and oxygen atoms in total. The van der Waals surface area contributed by atoms with Crippen LogP contribution in [0.5, 0.6) is 11.5 Å². The highest BCUT2D eigenvalue weighted by atomic mass is 19.1. The van der Waals surface area contributed by atoms with E-state index >= 15 is 0 Å². The maximum absolute atomic E-state index is 14.6. The fourth-order valence-electron chi connectivity index (χ4n) is 3.85. The van der Waals surface area contributed by atoms with Gasteiger partial charge in [0.2, 0.25) is 6.79 Å². The van der Waals surface area contributed by atoms with Gasteiger partial charge in [-0.25, -0.2) is 8.78 Å². The van der Waals surface area contributed by atoms with E-state index in [1.54, 1.807) is 23.1 Å². The van der Waals surface area contributed by atoms with E-state index in [0.717, 1.165) is 11.8 Å². The van der Waals surface area contributed by atoms with E-state index in [1.165, 1.54) is 12.1 Å². The van der Waals surface area contributed by atoms with Gasteiger partial charge in [0.25, 0.3) is 5.91 Å². The summed E-state index contributed by atoms with van der Waals surface area (Å²) in [6.07, 6.45) is 1.89. The quantitative estimate of drug-likeness (QED) is 0.678. The Kier molecular flexibility index (Phi) is 3.82. The summed E-state index contributed by atoms with van der Waals surface area (Å²) in [5.41, 5.74) is 1.47. The van der Waals surface area contributed by atoms with Crippen LogP contribution in [0.2, 0.25) is 0 Å². The number of ether oxygens (including phenoxy) is 2. The molecule has 0 saturated heterocycles. The molecular weight excluding hydrogens is 366 g/mol. The number of carbonyl (C=O) groups excluding carboxylic acids is 1. The number of benzene rings is 2.